The van der Waals surface area contributed by atoms with Crippen molar-refractivity contribution >= 4 is 29.8 Å². The van der Waals surface area contributed by atoms with Crippen LogP contribution in [0.1, 0.15) is 22.7 Å². The van der Waals surface area contributed by atoms with Crippen LogP contribution in [0.5, 0.6) is 11.5 Å². The van der Waals surface area contributed by atoms with Crippen molar-refractivity contribution in [3.05, 3.63) is 77.5 Å². The number of hydrogen-bond acceptors (Lipinski definition) is 5. The number of para-hydroxylation sites is 1. The number of ether oxygens (including phenoxy) is 1. The van der Waals surface area contributed by atoms with Crippen molar-refractivity contribution in [3.63, 3.8) is 0 Å². The molecule has 0 bridgehead atoms. The zero-order valence-electron chi connectivity index (χ0n) is 15.5. The summed E-state index contributed by atoms with van der Waals surface area (Å²) >= 11 is 1.37. The first-order chi connectivity index (χ1) is 14.1. The summed E-state index contributed by atoms with van der Waals surface area (Å²) in [7, 11) is 0. The van der Waals surface area contributed by atoms with E-state index in [1.54, 1.807) is 12.3 Å². The Balaban J connectivity index is 1.57. The Morgan fingerprint density at radius 3 is 2.72 bits per heavy atom. The lowest BCUT2D eigenvalue weighted by atomic mass is 9.84. The molecule has 0 aliphatic carbocycles. The molecule has 3 heterocycles. The topological polar surface area (TPSA) is 80.3 Å². The molecule has 2 aliphatic heterocycles. The maximum atomic E-state index is 12.5. The van der Waals surface area contributed by atoms with Gasteiger partial charge in [0.2, 0.25) is 0 Å². The molecule has 2 aliphatic rings. The second kappa shape index (κ2) is 6.63. The fraction of sp³-hybridized carbons (Fsp3) is 0.136. The molecule has 2 N–H and O–H groups in total. The van der Waals surface area contributed by atoms with Crippen LogP contribution in [0.2, 0.25) is 0 Å². The van der Waals surface area contributed by atoms with Gasteiger partial charge in [0, 0.05) is 11.8 Å². The third kappa shape index (κ3) is 2.77. The predicted octanol–water partition coefficient (Wildman–Crippen LogP) is 4.56. The molecule has 29 heavy (non-hydrogen) atoms. The number of rotatable bonds is 4. The van der Waals surface area contributed by atoms with E-state index in [4.69, 9.17) is 4.74 Å². The highest BCUT2D eigenvalue weighted by Gasteiger charge is 2.53. The van der Waals surface area contributed by atoms with Gasteiger partial charge in [-0.15, -0.1) is 0 Å². The van der Waals surface area contributed by atoms with E-state index >= 15 is 0 Å². The number of benzene rings is 2. The molecule has 144 valence electrons. The van der Waals surface area contributed by atoms with Gasteiger partial charge in [0.05, 0.1) is 11.7 Å². The molecule has 0 radical (unpaired) electrons. The summed E-state index contributed by atoms with van der Waals surface area (Å²) in [5.41, 5.74) is 3.28. The number of carbonyl (C=O) groups excluding carboxylic acids is 2. The Hall–Kier alpha value is -3.32. The van der Waals surface area contributed by atoms with Gasteiger partial charge in [0.1, 0.15) is 27.6 Å². The summed E-state index contributed by atoms with van der Waals surface area (Å²) in [6.07, 6.45) is 2.56. The number of amides is 2. The number of hydrogen-bond donors (Lipinski definition) is 2. The Bertz CT molecular complexity index is 1140. The Labute approximate surface area is 171 Å². The lowest BCUT2D eigenvalue weighted by Gasteiger charge is -2.34. The Kier molecular flexibility index (Phi) is 4.06. The molecule has 6 nitrogen and oxygen atoms in total. The van der Waals surface area contributed by atoms with E-state index in [1.807, 2.05) is 55.5 Å². The molecule has 5 rings (SSSR count). The highest BCUT2D eigenvalue weighted by Crippen LogP contribution is 2.59. The molecule has 2 unspecified atom stereocenters. The van der Waals surface area contributed by atoms with E-state index < -0.39 is 10.8 Å². The van der Waals surface area contributed by atoms with Crippen molar-refractivity contribution in [1.82, 2.24) is 10.3 Å². The second-order valence-electron chi connectivity index (χ2n) is 7.01. The quantitative estimate of drug-likeness (QED) is 0.625. The third-order valence-electron chi connectivity index (χ3n) is 5.23. The number of thioether (sulfide) groups is 1. The molecule has 2 amide bonds. The van der Waals surface area contributed by atoms with Crippen molar-refractivity contribution < 1.29 is 14.3 Å². The number of anilines is 1. The van der Waals surface area contributed by atoms with Gasteiger partial charge in [-0.3, -0.25) is 0 Å². The summed E-state index contributed by atoms with van der Waals surface area (Å²) in [6, 6.07) is 16.1. The average molecular weight is 403 g/mol. The number of aryl methyl sites for hydroxylation is 1. The first-order valence-electron chi connectivity index (χ1n) is 9.16. The molecule has 0 saturated heterocycles. The van der Waals surface area contributed by atoms with Gasteiger partial charge >= 0.3 is 6.03 Å². The highest BCUT2D eigenvalue weighted by atomic mass is 32.2. The fourth-order valence-corrected chi connectivity index (χ4v) is 5.41. The largest absolute Gasteiger partial charge is 0.457 e. The van der Waals surface area contributed by atoms with E-state index in [0.717, 1.165) is 33.8 Å². The molecular formula is C22H17N3O3S. The minimum atomic E-state index is -0.988. The number of pyridine rings is 1. The summed E-state index contributed by atoms with van der Waals surface area (Å²) in [5, 5.41) is 6.47. The van der Waals surface area contributed by atoms with Crippen molar-refractivity contribution in [1.29, 1.82) is 0 Å². The average Bonchev–Trinajstić information content (AvgIpc) is 3.04. The number of urea groups is 1. The normalized spacial score (nSPS) is 21.7. The SMILES string of the molecule is Cc1cc(Oc2ccccc2)ccc1C1(C=O)Sc2nccc3c2C1NC(=O)N3. The van der Waals surface area contributed by atoms with Gasteiger partial charge in [0.25, 0.3) is 0 Å². The van der Waals surface area contributed by atoms with Crippen LogP contribution in [0.3, 0.4) is 0 Å². The van der Waals surface area contributed by atoms with Crippen LogP contribution in [0.4, 0.5) is 10.5 Å². The number of nitrogens with zero attached hydrogens (tertiary/aromatic N) is 1. The van der Waals surface area contributed by atoms with E-state index in [0.29, 0.717) is 11.4 Å². The number of carbonyl (C=O) groups is 2. The summed E-state index contributed by atoms with van der Waals surface area (Å²) in [5.74, 6) is 1.43. The van der Waals surface area contributed by atoms with E-state index in [9.17, 15) is 9.59 Å². The van der Waals surface area contributed by atoms with E-state index in [2.05, 4.69) is 15.6 Å². The summed E-state index contributed by atoms with van der Waals surface area (Å²) < 4.78 is 4.93. The molecule has 0 saturated carbocycles. The maximum Gasteiger partial charge on any atom is 0.319 e. The Morgan fingerprint density at radius 2 is 1.97 bits per heavy atom. The monoisotopic (exact) mass is 403 g/mol. The molecule has 1 aromatic heterocycles. The van der Waals surface area contributed by atoms with Crippen LogP contribution < -0.4 is 15.4 Å². The molecule has 2 aromatic carbocycles. The van der Waals surface area contributed by atoms with Crippen LogP contribution in [0, 0.1) is 6.92 Å². The molecule has 3 aromatic rings. The smallest absolute Gasteiger partial charge is 0.319 e. The van der Waals surface area contributed by atoms with Gasteiger partial charge in [-0.05, 0) is 48.4 Å². The summed E-state index contributed by atoms with van der Waals surface area (Å²) in [6.45, 7) is 1.94. The lowest BCUT2D eigenvalue weighted by Crippen LogP contribution is -2.45. The minimum absolute atomic E-state index is 0.324. The number of aromatic nitrogens is 1. The second-order valence-corrected chi connectivity index (χ2v) is 8.28. The predicted molar refractivity (Wildman–Crippen MR) is 110 cm³/mol. The van der Waals surface area contributed by atoms with Crippen LogP contribution in [0.25, 0.3) is 0 Å². The minimum Gasteiger partial charge on any atom is -0.457 e. The fourth-order valence-electron chi connectivity index (χ4n) is 3.95. The molecule has 7 heteroatoms. The molecule has 0 spiro atoms. The standard InChI is InChI=1S/C22H17N3O3S/c1-13-11-15(28-14-5-3-2-4-6-14)7-8-16(13)22(12-26)19-18-17(24-21(27)25-19)9-10-23-20(18)29-22/h2-12,19H,1H3,(H2,24,25,27). The van der Waals surface area contributed by atoms with Crippen LogP contribution in [-0.4, -0.2) is 17.3 Å². The van der Waals surface area contributed by atoms with Crippen LogP contribution in [0.15, 0.2) is 65.8 Å². The Morgan fingerprint density at radius 1 is 1.14 bits per heavy atom. The van der Waals surface area contributed by atoms with E-state index in [-0.39, 0.29) is 6.03 Å². The third-order valence-corrected chi connectivity index (χ3v) is 6.64. The van der Waals surface area contributed by atoms with Crippen molar-refractivity contribution in [3.8, 4) is 11.5 Å². The zero-order valence-corrected chi connectivity index (χ0v) is 16.3. The van der Waals surface area contributed by atoms with Crippen molar-refractivity contribution in [2.45, 2.75) is 22.7 Å². The van der Waals surface area contributed by atoms with Crippen molar-refractivity contribution in [2.75, 3.05) is 5.32 Å². The van der Waals surface area contributed by atoms with Gasteiger partial charge in [-0.25, -0.2) is 9.78 Å². The molecule has 0 fully saturated rings. The maximum absolute atomic E-state index is 12.5. The highest BCUT2D eigenvalue weighted by molar-refractivity contribution is 8.01. The zero-order chi connectivity index (χ0) is 20.0. The van der Waals surface area contributed by atoms with E-state index in [1.165, 1.54) is 11.8 Å². The molecule has 2 atom stereocenters. The van der Waals surface area contributed by atoms with Gasteiger partial charge < -0.3 is 20.2 Å². The van der Waals surface area contributed by atoms with Crippen LogP contribution >= 0.6 is 11.8 Å². The first-order valence-corrected chi connectivity index (χ1v) is 9.98. The first kappa shape index (κ1) is 17.8. The molecular weight excluding hydrogens is 386 g/mol. The number of aldehydes is 1. The van der Waals surface area contributed by atoms with Gasteiger partial charge in [-0.1, -0.05) is 36.0 Å². The van der Waals surface area contributed by atoms with Crippen molar-refractivity contribution in [2.24, 2.45) is 0 Å². The van der Waals surface area contributed by atoms with Crippen LogP contribution in [-0.2, 0) is 9.54 Å². The number of nitrogens with one attached hydrogen (secondary N) is 2. The van der Waals surface area contributed by atoms with Gasteiger partial charge in [0.15, 0.2) is 0 Å². The summed E-state index contributed by atoms with van der Waals surface area (Å²) in [4.78, 5) is 29.1. The lowest BCUT2D eigenvalue weighted by molar-refractivity contribution is -0.110. The van der Waals surface area contributed by atoms with Gasteiger partial charge in [-0.2, -0.15) is 0 Å².